The van der Waals surface area contributed by atoms with Crippen LogP contribution in [0, 0.1) is 6.92 Å². The van der Waals surface area contributed by atoms with E-state index in [2.05, 4.69) is 24.2 Å². The van der Waals surface area contributed by atoms with Gasteiger partial charge in [0.25, 0.3) is 0 Å². The van der Waals surface area contributed by atoms with Crippen LogP contribution in [0.25, 0.3) is 0 Å². The summed E-state index contributed by atoms with van der Waals surface area (Å²) in [4.78, 5) is 0. The first-order valence-electron chi connectivity index (χ1n) is 4.98. The Bertz CT molecular complexity index is 459. The smallest absolute Gasteiger partial charge is 0.0837 e. The van der Waals surface area contributed by atoms with Crippen molar-refractivity contribution in [2.24, 2.45) is 12.8 Å². The van der Waals surface area contributed by atoms with Crippen molar-refractivity contribution < 1.29 is 0 Å². The van der Waals surface area contributed by atoms with Gasteiger partial charge in [-0.2, -0.15) is 5.10 Å². The van der Waals surface area contributed by atoms with Crippen molar-refractivity contribution in [3.05, 3.63) is 53.3 Å². The Kier molecular flexibility index (Phi) is 2.56. The average Bonchev–Trinajstić information content (AvgIpc) is 2.64. The highest BCUT2D eigenvalue weighted by atomic mass is 15.3. The number of rotatable bonds is 2. The lowest BCUT2D eigenvalue weighted by molar-refractivity contribution is 0.715. The van der Waals surface area contributed by atoms with Crippen molar-refractivity contribution in [3.63, 3.8) is 0 Å². The average molecular weight is 201 g/mol. The van der Waals surface area contributed by atoms with E-state index in [-0.39, 0.29) is 6.04 Å². The minimum Gasteiger partial charge on any atom is -0.319 e. The van der Waals surface area contributed by atoms with Crippen LogP contribution in [0.15, 0.2) is 36.5 Å². The van der Waals surface area contributed by atoms with Gasteiger partial charge in [0.2, 0.25) is 0 Å². The van der Waals surface area contributed by atoms with Crippen molar-refractivity contribution >= 4 is 0 Å². The monoisotopic (exact) mass is 201 g/mol. The predicted octanol–water partition coefficient (Wildman–Crippen LogP) is 1.78. The van der Waals surface area contributed by atoms with Crippen molar-refractivity contribution in [2.75, 3.05) is 0 Å². The molecular weight excluding hydrogens is 186 g/mol. The van der Waals surface area contributed by atoms with Gasteiger partial charge in [-0.1, -0.05) is 29.8 Å². The molecule has 1 unspecified atom stereocenters. The van der Waals surface area contributed by atoms with E-state index < -0.39 is 0 Å². The molecule has 0 aliphatic carbocycles. The van der Waals surface area contributed by atoms with E-state index >= 15 is 0 Å². The molecule has 1 atom stereocenters. The SMILES string of the molecule is Cc1cccc(C(N)c2ccn(C)n2)c1. The minimum atomic E-state index is -0.133. The molecule has 0 spiro atoms. The van der Waals surface area contributed by atoms with E-state index in [1.807, 2.05) is 31.4 Å². The topological polar surface area (TPSA) is 43.8 Å². The second kappa shape index (κ2) is 3.87. The number of aryl methyl sites for hydroxylation is 2. The second-order valence-corrected chi connectivity index (χ2v) is 3.81. The fourth-order valence-corrected chi connectivity index (χ4v) is 1.63. The van der Waals surface area contributed by atoms with Crippen LogP contribution in [0.4, 0.5) is 0 Å². The predicted molar refractivity (Wildman–Crippen MR) is 60.4 cm³/mol. The highest BCUT2D eigenvalue weighted by molar-refractivity contribution is 5.30. The molecule has 2 aromatic rings. The molecule has 0 fully saturated rings. The van der Waals surface area contributed by atoms with Gasteiger partial charge in [0, 0.05) is 13.2 Å². The van der Waals surface area contributed by atoms with Gasteiger partial charge in [-0.15, -0.1) is 0 Å². The number of nitrogens with zero attached hydrogens (tertiary/aromatic N) is 2. The molecule has 0 amide bonds. The number of nitrogens with two attached hydrogens (primary N) is 1. The van der Waals surface area contributed by atoms with Crippen LogP contribution in [0.2, 0.25) is 0 Å². The van der Waals surface area contributed by atoms with E-state index in [9.17, 15) is 0 Å². The van der Waals surface area contributed by atoms with Crippen LogP contribution >= 0.6 is 0 Å². The van der Waals surface area contributed by atoms with Gasteiger partial charge in [0.05, 0.1) is 11.7 Å². The molecule has 2 N–H and O–H groups in total. The summed E-state index contributed by atoms with van der Waals surface area (Å²) < 4.78 is 1.77. The molecular formula is C12H15N3. The molecule has 3 heteroatoms. The zero-order chi connectivity index (χ0) is 10.8. The molecule has 3 nitrogen and oxygen atoms in total. The van der Waals surface area contributed by atoms with E-state index in [4.69, 9.17) is 5.73 Å². The zero-order valence-corrected chi connectivity index (χ0v) is 9.01. The van der Waals surface area contributed by atoms with Gasteiger partial charge >= 0.3 is 0 Å². The molecule has 0 saturated carbocycles. The van der Waals surface area contributed by atoms with Crippen LogP contribution in [-0.4, -0.2) is 9.78 Å². The largest absolute Gasteiger partial charge is 0.319 e. The van der Waals surface area contributed by atoms with Crippen LogP contribution in [-0.2, 0) is 7.05 Å². The fraction of sp³-hybridized carbons (Fsp3) is 0.250. The zero-order valence-electron chi connectivity index (χ0n) is 9.01. The highest BCUT2D eigenvalue weighted by Gasteiger charge is 2.10. The first kappa shape index (κ1) is 9.93. The van der Waals surface area contributed by atoms with Gasteiger partial charge in [0.1, 0.15) is 0 Å². The van der Waals surface area contributed by atoms with Crippen molar-refractivity contribution in [1.29, 1.82) is 0 Å². The van der Waals surface area contributed by atoms with Crippen molar-refractivity contribution in [3.8, 4) is 0 Å². The molecule has 78 valence electrons. The molecule has 15 heavy (non-hydrogen) atoms. The standard InChI is InChI=1S/C12H15N3/c1-9-4-3-5-10(8-9)12(13)11-6-7-15(2)14-11/h3-8,12H,13H2,1-2H3. The molecule has 0 saturated heterocycles. The van der Waals surface area contributed by atoms with E-state index in [1.165, 1.54) is 5.56 Å². The normalized spacial score (nSPS) is 12.7. The lowest BCUT2D eigenvalue weighted by atomic mass is 10.0. The maximum atomic E-state index is 6.12. The summed E-state index contributed by atoms with van der Waals surface area (Å²) in [6, 6.07) is 10.0. The van der Waals surface area contributed by atoms with Gasteiger partial charge in [-0.25, -0.2) is 0 Å². The Balaban J connectivity index is 2.32. The van der Waals surface area contributed by atoms with Gasteiger partial charge in [0.15, 0.2) is 0 Å². The second-order valence-electron chi connectivity index (χ2n) is 3.81. The molecule has 1 heterocycles. The Morgan fingerprint density at radius 2 is 2.13 bits per heavy atom. The fourth-order valence-electron chi connectivity index (χ4n) is 1.63. The van der Waals surface area contributed by atoms with E-state index in [0.29, 0.717) is 0 Å². The maximum Gasteiger partial charge on any atom is 0.0837 e. The van der Waals surface area contributed by atoms with E-state index in [1.54, 1.807) is 4.68 Å². The Hall–Kier alpha value is -1.61. The summed E-state index contributed by atoms with van der Waals surface area (Å²) in [7, 11) is 1.90. The first-order valence-corrected chi connectivity index (χ1v) is 4.98. The third-order valence-electron chi connectivity index (χ3n) is 2.45. The van der Waals surface area contributed by atoms with Gasteiger partial charge < -0.3 is 5.73 Å². The molecule has 0 radical (unpaired) electrons. The lowest BCUT2D eigenvalue weighted by Gasteiger charge is -2.09. The number of aromatic nitrogens is 2. The molecule has 0 aliphatic heterocycles. The summed E-state index contributed by atoms with van der Waals surface area (Å²) in [6.45, 7) is 2.06. The number of hydrogen-bond acceptors (Lipinski definition) is 2. The third-order valence-corrected chi connectivity index (χ3v) is 2.45. The van der Waals surface area contributed by atoms with Gasteiger partial charge in [-0.3, -0.25) is 4.68 Å². The number of hydrogen-bond donors (Lipinski definition) is 1. The summed E-state index contributed by atoms with van der Waals surface area (Å²) in [5, 5.41) is 4.31. The molecule has 1 aromatic heterocycles. The summed E-state index contributed by atoms with van der Waals surface area (Å²) in [5.41, 5.74) is 9.35. The molecule has 0 bridgehead atoms. The summed E-state index contributed by atoms with van der Waals surface area (Å²) in [6.07, 6.45) is 1.91. The van der Waals surface area contributed by atoms with Crippen molar-refractivity contribution in [1.82, 2.24) is 9.78 Å². The van der Waals surface area contributed by atoms with Crippen LogP contribution < -0.4 is 5.73 Å². The van der Waals surface area contributed by atoms with Crippen LogP contribution in [0.5, 0.6) is 0 Å². The Morgan fingerprint density at radius 3 is 2.73 bits per heavy atom. The Labute approximate surface area is 89.5 Å². The van der Waals surface area contributed by atoms with Crippen LogP contribution in [0.3, 0.4) is 0 Å². The quantitative estimate of drug-likeness (QED) is 0.804. The van der Waals surface area contributed by atoms with Gasteiger partial charge in [-0.05, 0) is 18.6 Å². The molecule has 0 aliphatic rings. The van der Waals surface area contributed by atoms with Crippen molar-refractivity contribution in [2.45, 2.75) is 13.0 Å². The highest BCUT2D eigenvalue weighted by Crippen LogP contribution is 2.18. The molecule has 2 rings (SSSR count). The summed E-state index contributed by atoms with van der Waals surface area (Å²) in [5.74, 6) is 0. The molecule has 1 aromatic carbocycles. The third kappa shape index (κ3) is 2.07. The summed E-state index contributed by atoms with van der Waals surface area (Å²) >= 11 is 0. The Morgan fingerprint density at radius 1 is 1.33 bits per heavy atom. The minimum absolute atomic E-state index is 0.133. The maximum absolute atomic E-state index is 6.12. The van der Waals surface area contributed by atoms with Crippen LogP contribution in [0.1, 0.15) is 22.9 Å². The lowest BCUT2D eigenvalue weighted by Crippen LogP contribution is -2.13. The number of benzene rings is 1. The first-order chi connectivity index (χ1) is 7.16. The van der Waals surface area contributed by atoms with E-state index in [0.717, 1.165) is 11.3 Å².